The Balaban J connectivity index is 1.43. The van der Waals surface area contributed by atoms with Gasteiger partial charge in [-0.05, 0) is 30.5 Å². The molecule has 0 atom stereocenters. The standard InChI is InChI=1S/C18H18FN3O4/c19-13-6-7-16(17(8-13)22(24)25)20-14-9-15(10-14)21-18(23)26-11-12-4-2-1-3-5-12/h1-8,14-15,20H,9-11H2,(H,21,23). The van der Waals surface area contributed by atoms with E-state index >= 15 is 0 Å². The summed E-state index contributed by atoms with van der Waals surface area (Å²) in [5, 5.41) is 16.8. The number of amides is 1. The van der Waals surface area contributed by atoms with Crippen molar-refractivity contribution in [3.63, 3.8) is 0 Å². The van der Waals surface area contributed by atoms with Gasteiger partial charge in [0.25, 0.3) is 5.69 Å². The number of alkyl carbamates (subject to hydrolysis) is 1. The lowest BCUT2D eigenvalue weighted by Gasteiger charge is -2.36. The zero-order valence-corrected chi connectivity index (χ0v) is 13.9. The largest absolute Gasteiger partial charge is 0.445 e. The van der Waals surface area contributed by atoms with E-state index in [0.29, 0.717) is 12.8 Å². The van der Waals surface area contributed by atoms with Crippen molar-refractivity contribution in [1.29, 1.82) is 0 Å². The van der Waals surface area contributed by atoms with Gasteiger partial charge in [-0.25, -0.2) is 9.18 Å². The maximum Gasteiger partial charge on any atom is 0.407 e. The van der Waals surface area contributed by atoms with Gasteiger partial charge in [0.15, 0.2) is 0 Å². The minimum atomic E-state index is -0.656. The highest BCUT2D eigenvalue weighted by molar-refractivity contribution is 5.68. The van der Waals surface area contributed by atoms with Crippen LogP contribution in [0.15, 0.2) is 48.5 Å². The van der Waals surface area contributed by atoms with E-state index < -0.39 is 16.8 Å². The number of ether oxygens (including phenoxy) is 1. The SMILES string of the molecule is O=C(NC1CC(Nc2ccc(F)cc2[N+](=O)[O-])C1)OCc1ccccc1. The molecule has 0 saturated heterocycles. The van der Waals surface area contributed by atoms with Crippen molar-refractivity contribution in [2.75, 3.05) is 5.32 Å². The Hall–Kier alpha value is -3.16. The van der Waals surface area contributed by atoms with Crippen LogP contribution in [0.25, 0.3) is 0 Å². The second-order valence-corrected chi connectivity index (χ2v) is 6.13. The molecule has 1 amide bonds. The van der Waals surface area contributed by atoms with Crippen molar-refractivity contribution in [3.05, 3.63) is 70.0 Å². The number of nitrogens with one attached hydrogen (secondary N) is 2. The molecule has 0 heterocycles. The molecule has 8 heteroatoms. The van der Waals surface area contributed by atoms with Crippen LogP contribution in [0.2, 0.25) is 0 Å². The summed E-state index contributed by atoms with van der Waals surface area (Å²) >= 11 is 0. The molecule has 1 aliphatic carbocycles. The maximum absolute atomic E-state index is 13.1. The van der Waals surface area contributed by atoms with Crippen LogP contribution in [0.3, 0.4) is 0 Å². The van der Waals surface area contributed by atoms with Crippen molar-refractivity contribution in [2.24, 2.45) is 0 Å². The van der Waals surface area contributed by atoms with E-state index in [1.807, 2.05) is 30.3 Å². The summed E-state index contributed by atoms with van der Waals surface area (Å²) in [5.41, 5.74) is 0.870. The van der Waals surface area contributed by atoms with Crippen LogP contribution < -0.4 is 10.6 Å². The Kier molecular flexibility index (Phi) is 5.31. The minimum absolute atomic E-state index is 0.0291. The van der Waals surface area contributed by atoms with Gasteiger partial charge in [0.05, 0.1) is 11.0 Å². The van der Waals surface area contributed by atoms with E-state index in [2.05, 4.69) is 10.6 Å². The summed E-state index contributed by atoms with van der Waals surface area (Å²) in [6.07, 6.45) is 0.717. The molecule has 0 unspecified atom stereocenters. The molecule has 26 heavy (non-hydrogen) atoms. The number of hydrogen-bond acceptors (Lipinski definition) is 5. The Labute approximate surface area is 149 Å². The van der Waals surface area contributed by atoms with Crippen LogP contribution in [-0.2, 0) is 11.3 Å². The zero-order valence-electron chi connectivity index (χ0n) is 13.9. The third kappa shape index (κ3) is 4.47. The van der Waals surface area contributed by atoms with E-state index in [1.54, 1.807) is 0 Å². The molecule has 7 nitrogen and oxygen atoms in total. The first kappa shape index (κ1) is 17.7. The van der Waals surface area contributed by atoms with Crippen LogP contribution in [0, 0.1) is 15.9 Å². The third-order valence-corrected chi connectivity index (χ3v) is 4.19. The molecule has 1 aliphatic rings. The molecule has 3 rings (SSSR count). The Morgan fingerprint density at radius 3 is 2.62 bits per heavy atom. The third-order valence-electron chi connectivity index (χ3n) is 4.19. The molecule has 0 aromatic heterocycles. The van der Waals surface area contributed by atoms with Gasteiger partial charge in [0.2, 0.25) is 0 Å². The molecule has 0 aliphatic heterocycles. The summed E-state index contributed by atoms with van der Waals surface area (Å²) in [7, 11) is 0. The number of nitro benzene ring substituents is 1. The van der Waals surface area contributed by atoms with E-state index in [1.165, 1.54) is 12.1 Å². The number of benzene rings is 2. The number of hydrogen-bond donors (Lipinski definition) is 2. The number of halogens is 1. The minimum Gasteiger partial charge on any atom is -0.445 e. The van der Waals surface area contributed by atoms with Crippen molar-refractivity contribution in [2.45, 2.75) is 31.5 Å². The number of nitro groups is 1. The molecular formula is C18H18FN3O4. The second kappa shape index (κ2) is 7.81. The predicted molar refractivity (Wildman–Crippen MR) is 93.2 cm³/mol. The van der Waals surface area contributed by atoms with Crippen LogP contribution in [-0.4, -0.2) is 23.1 Å². The molecule has 0 bridgehead atoms. The lowest BCUT2D eigenvalue weighted by molar-refractivity contribution is -0.384. The van der Waals surface area contributed by atoms with Gasteiger partial charge < -0.3 is 15.4 Å². The first-order chi connectivity index (χ1) is 12.5. The predicted octanol–water partition coefficient (Wildman–Crippen LogP) is 3.60. The number of anilines is 1. The van der Waals surface area contributed by atoms with Crippen LogP contribution in [0.4, 0.5) is 20.6 Å². The van der Waals surface area contributed by atoms with Crippen LogP contribution in [0.1, 0.15) is 18.4 Å². The van der Waals surface area contributed by atoms with Gasteiger partial charge in [-0.2, -0.15) is 0 Å². The number of carbonyl (C=O) groups is 1. The van der Waals surface area contributed by atoms with Crippen molar-refractivity contribution >= 4 is 17.5 Å². The first-order valence-corrected chi connectivity index (χ1v) is 8.19. The van der Waals surface area contributed by atoms with E-state index in [-0.39, 0.29) is 30.1 Å². The highest BCUT2D eigenvalue weighted by Crippen LogP contribution is 2.30. The summed E-state index contributed by atoms with van der Waals surface area (Å²) in [4.78, 5) is 22.1. The fraction of sp³-hybridized carbons (Fsp3) is 0.278. The fourth-order valence-electron chi connectivity index (χ4n) is 2.78. The quantitative estimate of drug-likeness (QED) is 0.607. The van der Waals surface area contributed by atoms with Crippen molar-refractivity contribution in [3.8, 4) is 0 Å². The van der Waals surface area contributed by atoms with Crippen molar-refractivity contribution in [1.82, 2.24) is 5.32 Å². The van der Waals surface area contributed by atoms with E-state index in [9.17, 15) is 19.3 Å². The zero-order chi connectivity index (χ0) is 18.5. The Morgan fingerprint density at radius 1 is 1.19 bits per heavy atom. The lowest BCUT2D eigenvalue weighted by atomic mass is 9.86. The summed E-state index contributed by atoms with van der Waals surface area (Å²) in [6, 6.07) is 12.7. The van der Waals surface area contributed by atoms with E-state index in [4.69, 9.17) is 4.74 Å². The topological polar surface area (TPSA) is 93.5 Å². The van der Waals surface area contributed by atoms with Gasteiger partial charge in [0.1, 0.15) is 18.1 Å². The molecule has 1 saturated carbocycles. The number of carbonyl (C=O) groups excluding carboxylic acids is 1. The second-order valence-electron chi connectivity index (χ2n) is 6.13. The number of rotatable bonds is 6. The van der Waals surface area contributed by atoms with Gasteiger partial charge in [-0.15, -0.1) is 0 Å². The molecule has 2 N–H and O–H groups in total. The van der Waals surface area contributed by atoms with Gasteiger partial charge in [-0.1, -0.05) is 30.3 Å². The molecule has 2 aromatic rings. The normalized spacial score (nSPS) is 18.5. The van der Waals surface area contributed by atoms with Gasteiger partial charge >= 0.3 is 6.09 Å². The highest BCUT2D eigenvalue weighted by Gasteiger charge is 2.32. The monoisotopic (exact) mass is 359 g/mol. The summed E-state index contributed by atoms with van der Waals surface area (Å²) in [5.74, 6) is -0.656. The van der Waals surface area contributed by atoms with Gasteiger partial charge in [0, 0.05) is 12.1 Å². The summed E-state index contributed by atoms with van der Waals surface area (Å²) in [6.45, 7) is 0.197. The molecule has 1 fully saturated rings. The molecular weight excluding hydrogens is 341 g/mol. The summed E-state index contributed by atoms with van der Waals surface area (Å²) < 4.78 is 18.3. The molecule has 0 radical (unpaired) electrons. The number of nitrogens with zero attached hydrogens (tertiary/aromatic N) is 1. The van der Waals surface area contributed by atoms with Crippen molar-refractivity contribution < 1.29 is 18.8 Å². The molecule has 2 aromatic carbocycles. The smallest absolute Gasteiger partial charge is 0.407 e. The lowest BCUT2D eigenvalue weighted by Crippen LogP contribution is -2.49. The van der Waals surface area contributed by atoms with E-state index in [0.717, 1.165) is 11.6 Å². The van der Waals surface area contributed by atoms with Gasteiger partial charge in [-0.3, -0.25) is 10.1 Å². The van der Waals surface area contributed by atoms with Crippen LogP contribution in [0.5, 0.6) is 0 Å². The fourth-order valence-corrected chi connectivity index (χ4v) is 2.78. The Morgan fingerprint density at radius 2 is 1.92 bits per heavy atom. The highest BCUT2D eigenvalue weighted by atomic mass is 19.1. The first-order valence-electron chi connectivity index (χ1n) is 8.19. The average Bonchev–Trinajstić information content (AvgIpc) is 2.60. The van der Waals surface area contributed by atoms with Crippen LogP contribution >= 0.6 is 0 Å². The Bertz CT molecular complexity index is 794. The molecule has 0 spiro atoms. The molecule has 136 valence electrons. The maximum atomic E-state index is 13.1. The average molecular weight is 359 g/mol.